The first-order valence-corrected chi connectivity index (χ1v) is 6.93. The maximum absolute atomic E-state index is 11.9. The number of benzene rings is 1. The summed E-state index contributed by atoms with van der Waals surface area (Å²) in [6.45, 7) is 10.0. The SMILES string of the molecule is CCc1c(C)c(=O)oc2cc(N(CC)CC)ccc12. The standard InChI is InChI=1S/C16H21NO2/c1-5-13-11(4)16(18)19-15-10-12(8-9-14(13)15)17(6-2)7-3/h8-10H,5-7H2,1-4H3. The molecule has 0 atom stereocenters. The molecule has 0 fully saturated rings. The summed E-state index contributed by atoms with van der Waals surface area (Å²) in [5.41, 5.74) is 3.40. The Morgan fingerprint density at radius 2 is 1.84 bits per heavy atom. The van der Waals surface area contributed by atoms with E-state index in [1.165, 1.54) is 0 Å². The average molecular weight is 259 g/mol. The molecule has 0 radical (unpaired) electrons. The molecule has 0 aliphatic heterocycles. The topological polar surface area (TPSA) is 33.5 Å². The van der Waals surface area contributed by atoms with Crippen molar-refractivity contribution in [2.75, 3.05) is 18.0 Å². The quantitative estimate of drug-likeness (QED) is 0.788. The third-order valence-corrected chi connectivity index (χ3v) is 3.73. The van der Waals surface area contributed by atoms with Gasteiger partial charge >= 0.3 is 5.63 Å². The van der Waals surface area contributed by atoms with E-state index in [2.05, 4.69) is 37.8 Å². The highest BCUT2D eigenvalue weighted by Gasteiger charge is 2.11. The van der Waals surface area contributed by atoms with Crippen LogP contribution in [0.5, 0.6) is 0 Å². The summed E-state index contributed by atoms with van der Waals surface area (Å²) in [6.07, 6.45) is 0.846. The predicted molar refractivity (Wildman–Crippen MR) is 80.2 cm³/mol. The molecule has 0 unspecified atom stereocenters. The van der Waals surface area contributed by atoms with Crippen LogP contribution in [0.15, 0.2) is 27.4 Å². The third kappa shape index (κ3) is 2.37. The van der Waals surface area contributed by atoms with Gasteiger partial charge in [0.05, 0.1) is 0 Å². The molecule has 0 aliphatic rings. The van der Waals surface area contributed by atoms with Gasteiger partial charge in [-0.05, 0) is 44.9 Å². The molecule has 0 amide bonds. The number of hydrogen-bond donors (Lipinski definition) is 0. The molecular formula is C16H21NO2. The fraction of sp³-hybridized carbons (Fsp3) is 0.438. The van der Waals surface area contributed by atoms with Crippen molar-refractivity contribution in [3.8, 4) is 0 Å². The highest BCUT2D eigenvalue weighted by Crippen LogP contribution is 2.25. The number of hydrogen-bond acceptors (Lipinski definition) is 3. The first-order valence-electron chi connectivity index (χ1n) is 6.93. The van der Waals surface area contributed by atoms with Gasteiger partial charge in [-0.25, -0.2) is 4.79 Å². The van der Waals surface area contributed by atoms with E-state index in [1.807, 2.05) is 13.0 Å². The lowest BCUT2D eigenvalue weighted by atomic mass is 10.0. The maximum Gasteiger partial charge on any atom is 0.339 e. The molecule has 1 aromatic carbocycles. The van der Waals surface area contributed by atoms with Crippen LogP contribution in [0.1, 0.15) is 31.9 Å². The summed E-state index contributed by atoms with van der Waals surface area (Å²) >= 11 is 0. The summed E-state index contributed by atoms with van der Waals surface area (Å²) < 4.78 is 5.43. The Kier molecular flexibility index (Phi) is 3.93. The molecular weight excluding hydrogens is 238 g/mol. The van der Waals surface area contributed by atoms with Crippen molar-refractivity contribution in [3.05, 3.63) is 39.7 Å². The van der Waals surface area contributed by atoms with Gasteiger partial charge in [-0.15, -0.1) is 0 Å². The van der Waals surface area contributed by atoms with Crippen molar-refractivity contribution < 1.29 is 4.42 Å². The minimum Gasteiger partial charge on any atom is -0.422 e. The number of anilines is 1. The van der Waals surface area contributed by atoms with Crippen molar-refractivity contribution >= 4 is 16.7 Å². The number of nitrogens with zero attached hydrogens (tertiary/aromatic N) is 1. The first kappa shape index (κ1) is 13.7. The minimum atomic E-state index is -0.221. The molecule has 0 bridgehead atoms. The van der Waals surface area contributed by atoms with Gasteiger partial charge in [0, 0.05) is 35.8 Å². The Morgan fingerprint density at radius 1 is 1.16 bits per heavy atom. The third-order valence-electron chi connectivity index (χ3n) is 3.73. The van der Waals surface area contributed by atoms with Crippen LogP contribution in [0.4, 0.5) is 5.69 Å². The number of rotatable bonds is 4. The molecule has 0 saturated carbocycles. The van der Waals surface area contributed by atoms with Gasteiger partial charge in [0.15, 0.2) is 0 Å². The lowest BCUT2D eigenvalue weighted by Crippen LogP contribution is -2.21. The van der Waals surface area contributed by atoms with E-state index >= 15 is 0 Å². The molecule has 2 aromatic rings. The van der Waals surface area contributed by atoms with Crippen LogP contribution in [0, 0.1) is 6.92 Å². The van der Waals surface area contributed by atoms with Crippen LogP contribution in [0.3, 0.4) is 0 Å². The van der Waals surface area contributed by atoms with Crippen molar-refractivity contribution in [3.63, 3.8) is 0 Å². The number of aryl methyl sites for hydroxylation is 1. The molecule has 0 N–H and O–H groups in total. The molecule has 0 saturated heterocycles. The smallest absolute Gasteiger partial charge is 0.339 e. The van der Waals surface area contributed by atoms with E-state index < -0.39 is 0 Å². The van der Waals surface area contributed by atoms with E-state index in [1.54, 1.807) is 0 Å². The van der Waals surface area contributed by atoms with E-state index in [0.717, 1.165) is 41.7 Å². The van der Waals surface area contributed by atoms with Crippen molar-refractivity contribution in [2.24, 2.45) is 0 Å². The Bertz CT molecular complexity index is 639. The van der Waals surface area contributed by atoms with Gasteiger partial charge < -0.3 is 9.32 Å². The van der Waals surface area contributed by atoms with Crippen molar-refractivity contribution in [1.82, 2.24) is 0 Å². The zero-order valence-electron chi connectivity index (χ0n) is 12.1. The second-order valence-electron chi connectivity index (χ2n) is 4.70. The second-order valence-corrected chi connectivity index (χ2v) is 4.70. The first-order chi connectivity index (χ1) is 9.12. The average Bonchev–Trinajstić information content (AvgIpc) is 2.42. The van der Waals surface area contributed by atoms with Gasteiger partial charge in [0.25, 0.3) is 0 Å². The maximum atomic E-state index is 11.9. The fourth-order valence-corrected chi connectivity index (χ4v) is 2.59. The molecule has 0 spiro atoms. The van der Waals surface area contributed by atoms with Crippen LogP contribution in [0.25, 0.3) is 11.0 Å². The normalized spacial score (nSPS) is 10.9. The highest BCUT2D eigenvalue weighted by atomic mass is 16.4. The fourth-order valence-electron chi connectivity index (χ4n) is 2.59. The summed E-state index contributed by atoms with van der Waals surface area (Å²) in [5, 5.41) is 1.05. The highest BCUT2D eigenvalue weighted by molar-refractivity contribution is 5.84. The van der Waals surface area contributed by atoms with Crippen molar-refractivity contribution in [1.29, 1.82) is 0 Å². The Morgan fingerprint density at radius 3 is 2.42 bits per heavy atom. The lowest BCUT2D eigenvalue weighted by Gasteiger charge is -2.21. The Hall–Kier alpha value is -1.77. The molecule has 102 valence electrons. The summed E-state index contributed by atoms with van der Waals surface area (Å²) in [7, 11) is 0. The van der Waals surface area contributed by atoms with Crippen molar-refractivity contribution in [2.45, 2.75) is 34.1 Å². The van der Waals surface area contributed by atoms with E-state index in [-0.39, 0.29) is 5.63 Å². The lowest BCUT2D eigenvalue weighted by molar-refractivity contribution is 0.552. The van der Waals surface area contributed by atoms with Gasteiger partial charge in [0.1, 0.15) is 5.58 Å². The molecule has 1 aromatic heterocycles. The molecule has 19 heavy (non-hydrogen) atoms. The van der Waals surface area contributed by atoms with Crippen LogP contribution in [-0.2, 0) is 6.42 Å². The molecule has 1 heterocycles. The second kappa shape index (κ2) is 5.47. The number of fused-ring (bicyclic) bond motifs is 1. The van der Waals surface area contributed by atoms with Gasteiger partial charge in [-0.1, -0.05) is 6.92 Å². The largest absolute Gasteiger partial charge is 0.422 e. The summed E-state index contributed by atoms with van der Waals surface area (Å²) in [5.74, 6) is 0. The van der Waals surface area contributed by atoms with Crippen LogP contribution < -0.4 is 10.5 Å². The Balaban J connectivity index is 2.68. The van der Waals surface area contributed by atoms with E-state index in [9.17, 15) is 4.79 Å². The van der Waals surface area contributed by atoms with Gasteiger partial charge in [-0.3, -0.25) is 0 Å². The van der Waals surface area contributed by atoms with Crippen LogP contribution in [-0.4, -0.2) is 13.1 Å². The molecule has 2 rings (SSSR count). The zero-order chi connectivity index (χ0) is 14.0. The van der Waals surface area contributed by atoms with Gasteiger partial charge in [-0.2, -0.15) is 0 Å². The molecule has 0 aliphatic carbocycles. The molecule has 3 heteroatoms. The van der Waals surface area contributed by atoms with Gasteiger partial charge in [0.2, 0.25) is 0 Å². The predicted octanol–water partition coefficient (Wildman–Crippen LogP) is 3.51. The monoisotopic (exact) mass is 259 g/mol. The Labute approximate surface area is 113 Å². The zero-order valence-corrected chi connectivity index (χ0v) is 12.1. The summed E-state index contributed by atoms with van der Waals surface area (Å²) in [6, 6.07) is 6.15. The van der Waals surface area contributed by atoms with Crippen LogP contribution in [0.2, 0.25) is 0 Å². The minimum absolute atomic E-state index is 0.221. The van der Waals surface area contributed by atoms with E-state index in [0.29, 0.717) is 5.58 Å². The molecule has 3 nitrogen and oxygen atoms in total. The van der Waals surface area contributed by atoms with E-state index in [4.69, 9.17) is 4.42 Å². The summed E-state index contributed by atoms with van der Waals surface area (Å²) in [4.78, 5) is 14.1. The van der Waals surface area contributed by atoms with Crippen LogP contribution >= 0.6 is 0 Å².